The van der Waals surface area contributed by atoms with Gasteiger partial charge in [-0.1, -0.05) is 54.1 Å². The van der Waals surface area contributed by atoms with Crippen LogP contribution in [0.4, 0.5) is 5.69 Å². The van der Waals surface area contributed by atoms with Gasteiger partial charge in [-0.3, -0.25) is 24.1 Å². The topological polar surface area (TPSA) is 110 Å². The van der Waals surface area contributed by atoms with Crippen LogP contribution >= 0.6 is 0 Å². The molecule has 7 rings (SSSR count). The highest BCUT2D eigenvalue weighted by Crippen LogP contribution is 2.56. The summed E-state index contributed by atoms with van der Waals surface area (Å²) in [7, 11) is 3.21. The lowest BCUT2D eigenvalue weighted by Gasteiger charge is -2.42. The van der Waals surface area contributed by atoms with Gasteiger partial charge in [-0.25, -0.2) is 0 Å². The van der Waals surface area contributed by atoms with Crippen LogP contribution in [0.2, 0.25) is 0 Å². The molecule has 0 aromatic heterocycles. The van der Waals surface area contributed by atoms with E-state index in [2.05, 4.69) is 0 Å². The Kier molecular flexibility index (Phi) is 7.74. The van der Waals surface area contributed by atoms with E-state index in [1.807, 2.05) is 54.6 Å². The molecule has 3 aromatic carbocycles. The molecule has 4 aliphatic rings. The number of Topliss-reactive ketones (excluding diaryl/α,β-unsaturated/α-hetero) is 1. The summed E-state index contributed by atoms with van der Waals surface area (Å²) in [5, 5.41) is 11.2. The number of phenols is 1. The fourth-order valence-corrected chi connectivity index (χ4v) is 7.78. The van der Waals surface area contributed by atoms with Crippen molar-refractivity contribution in [3.63, 3.8) is 0 Å². The minimum absolute atomic E-state index is 0.0555. The van der Waals surface area contributed by atoms with Crippen molar-refractivity contribution in [1.29, 1.82) is 0 Å². The van der Waals surface area contributed by atoms with Crippen molar-refractivity contribution >= 4 is 41.2 Å². The Morgan fingerprint density at radius 1 is 0.875 bits per heavy atom. The second kappa shape index (κ2) is 11.9. The number of anilines is 1. The van der Waals surface area contributed by atoms with Crippen LogP contribution in [-0.4, -0.2) is 42.7 Å². The Balaban J connectivity index is 1.21. The highest BCUT2D eigenvalue weighted by atomic mass is 16.5. The van der Waals surface area contributed by atoms with Crippen LogP contribution in [0.1, 0.15) is 47.9 Å². The lowest BCUT2D eigenvalue weighted by Crippen LogP contribution is -2.39. The van der Waals surface area contributed by atoms with Crippen molar-refractivity contribution in [3.05, 3.63) is 117 Å². The lowest BCUT2D eigenvalue weighted by molar-refractivity contribution is -0.123. The summed E-state index contributed by atoms with van der Waals surface area (Å²) in [5.74, 6) is -2.08. The molecule has 0 bridgehead atoms. The number of fused-ring (bicyclic) bond motifs is 3. The van der Waals surface area contributed by atoms with Gasteiger partial charge >= 0.3 is 0 Å². The van der Waals surface area contributed by atoms with Crippen molar-refractivity contribution < 1.29 is 33.8 Å². The highest BCUT2D eigenvalue weighted by molar-refractivity contribution is 6.25. The molecule has 4 unspecified atom stereocenters. The van der Waals surface area contributed by atoms with E-state index in [4.69, 9.17) is 9.47 Å². The average molecular weight is 642 g/mol. The standard InChI is InChI=1S/C40H35NO7/c1-21-6-5-7-28(37(21)43)34-27-15-16-29-35(30(27)20-31-32(42)18-22(2)38(44)36(31)34)40(46)41(39(29)45)25-12-9-23(10-13-25)8-11-24-19-26(47-3)14-17-33(24)48-4/h5-15,17-19,29-30,34-35,43H,16,20H2,1-4H3. The number of phenolic OH excluding ortho intramolecular Hbond substituents is 1. The Morgan fingerprint density at radius 2 is 1.65 bits per heavy atom. The largest absolute Gasteiger partial charge is 0.507 e. The molecule has 4 atom stereocenters. The molecule has 8 heteroatoms. The molecule has 3 aromatic rings. The number of amides is 2. The van der Waals surface area contributed by atoms with Gasteiger partial charge < -0.3 is 14.6 Å². The number of aromatic hydroxyl groups is 1. The number of carbonyl (C=O) groups excluding carboxylic acids is 4. The summed E-state index contributed by atoms with van der Waals surface area (Å²) in [4.78, 5) is 56.5. The molecule has 1 heterocycles. The molecule has 8 nitrogen and oxygen atoms in total. The second-order valence-electron chi connectivity index (χ2n) is 12.8. The third-order valence-corrected chi connectivity index (χ3v) is 10.2. The minimum Gasteiger partial charge on any atom is -0.507 e. The number of aryl methyl sites for hydroxylation is 1. The van der Waals surface area contributed by atoms with Gasteiger partial charge in [0, 0.05) is 33.8 Å². The molecule has 0 spiro atoms. The number of benzene rings is 3. The highest BCUT2D eigenvalue weighted by Gasteiger charge is 2.56. The summed E-state index contributed by atoms with van der Waals surface area (Å²) in [6.45, 7) is 3.41. The maximum absolute atomic E-state index is 14.3. The first-order valence-electron chi connectivity index (χ1n) is 16.0. The first-order valence-corrected chi connectivity index (χ1v) is 16.0. The number of hydrogen-bond acceptors (Lipinski definition) is 7. The van der Waals surface area contributed by atoms with Gasteiger partial charge in [0.15, 0.2) is 11.6 Å². The summed E-state index contributed by atoms with van der Waals surface area (Å²) in [5.41, 5.74) is 5.23. The summed E-state index contributed by atoms with van der Waals surface area (Å²) >= 11 is 0. The van der Waals surface area contributed by atoms with Crippen LogP contribution in [0, 0.1) is 24.7 Å². The van der Waals surface area contributed by atoms with E-state index in [9.17, 15) is 24.3 Å². The van der Waals surface area contributed by atoms with Gasteiger partial charge in [0.2, 0.25) is 11.8 Å². The smallest absolute Gasteiger partial charge is 0.238 e. The normalized spacial score (nSPS) is 23.5. The third kappa shape index (κ3) is 4.91. The predicted molar refractivity (Wildman–Crippen MR) is 182 cm³/mol. The fourth-order valence-electron chi connectivity index (χ4n) is 7.78. The summed E-state index contributed by atoms with van der Waals surface area (Å²) in [6, 6.07) is 18.1. The second-order valence-corrected chi connectivity index (χ2v) is 12.8. The van der Waals surface area contributed by atoms with Gasteiger partial charge in [0.25, 0.3) is 0 Å². The molecule has 1 N–H and O–H groups in total. The van der Waals surface area contributed by atoms with Crippen molar-refractivity contribution in [1.82, 2.24) is 0 Å². The SMILES string of the molecule is COc1ccc(OC)c(C=Cc2ccc(N3C(=O)C4CC=C5C(c6cccc(C)c6O)C6=C(CC5C4C3=O)C(=O)C=C(C)C6=O)cc2)c1. The number of methoxy groups -OCH3 is 2. The van der Waals surface area contributed by atoms with E-state index in [1.54, 1.807) is 52.3 Å². The van der Waals surface area contributed by atoms with Crippen LogP contribution in [0.15, 0.2) is 95.1 Å². The number of ketones is 2. The van der Waals surface area contributed by atoms with E-state index >= 15 is 0 Å². The van der Waals surface area contributed by atoms with E-state index in [-0.39, 0.29) is 35.6 Å². The average Bonchev–Trinajstić information content (AvgIpc) is 3.35. The zero-order valence-corrected chi connectivity index (χ0v) is 27.2. The van der Waals surface area contributed by atoms with E-state index in [1.165, 1.54) is 11.0 Å². The monoisotopic (exact) mass is 641 g/mol. The van der Waals surface area contributed by atoms with Gasteiger partial charge in [-0.2, -0.15) is 0 Å². The third-order valence-electron chi connectivity index (χ3n) is 10.2. The number of rotatable bonds is 6. The van der Waals surface area contributed by atoms with Crippen LogP contribution in [0.25, 0.3) is 12.2 Å². The Hall–Kier alpha value is -5.50. The number of allylic oxidation sites excluding steroid dienone is 6. The maximum atomic E-state index is 14.3. The molecular weight excluding hydrogens is 606 g/mol. The fraction of sp³-hybridized carbons (Fsp3) is 0.250. The molecular formula is C40H35NO7. The van der Waals surface area contributed by atoms with Gasteiger partial charge in [0.05, 0.1) is 31.7 Å². The number of ether oxygens (including phenoxy) is 2. The molecule has 1 saturated heterocycles. The molecule has 0 saturated carbocycles. The van der Waals surface area contributed by atoms with Crippen molar-refractivity contribution in [2.24, 2.45) is 17.8 Å². The minimum atomic E-state index is -0.698. The van der Waals surface area contributed by atoms with Crippen molar-refractivity contribution in [2.75, 3.05) is 19.1 Å². The first kappa shape index (κ1) is 31.1. The number of carbonyl (C=O) groups is 4. The predicted octanol–water partition coefficient (Wildman–Crippen LogP) is 6.52. The zero-order valence-electron chi connectivity index (χ0n) is 27.2. The Bertz CT molecular complexity index is 2030. The molecule has 3 aliphatic carbocycles. The molecule has 2 amide bonds. The van der Waals surface area contributed by atoms with Crippen molar-refractivity contribution in [3.8, 4) is 17.2 Å². The van der Waals surface area contributed by atoms with Crippen LogP contribution in [-0.2, 0) is 19.2 Å². The quantitative estimate of drug-likeness (QED) is 0.141. The number of imide groups is 1. The van der Waals surface area contributed by atoms with Crippen LogP contribution in [0.5, 0.6) is 17.2 Å². The Morgan fingerprint density at radius 3 is 2.38 bits per heavy atom. The maximum Gasteiger partial charge on any atom is 0.238 e. The lowest BCUT2D eigenvalue weighted by atomic mass is 9.59. The molecule has 1 aliphatic heterocycles. The van der Waals surface area contributed by atoms with Crippen LogP contribution in [0.3, 0.4) is 0 Å². The summed E-state index contributed by atoms with van der Waals surface area (Å²) in [6.07, 6.45) is 7.65. The molecule has 48 heavy (non-hydrogen) atoms. The van der Waals surface area contributed by atoms with E-state index in [0.29, 0.717) is 51.5 Å². The molecule has 1 fully saturated rings. The van der Waals surface area contributed by atoms with Gasteiger partial charge in [-0.15, -0.1) is 0 Å². The van der Waals surface area contributed by atoms with Crippen molar-refractivity contribution in [2.45, 2.75) is 32.6 Å². The van der Waals surface area contributed by atoms with Crippen LogP contribution < -0.4 is 14.4 Å². The zero-order chi connectivity index (χ0) is 33.9. The number of para-hydroxylation sites is 1. The molecule has 0 radical (unpaired) electrons. The number of nitrogens with zero attached hydrogens (tertiary/aromatic N) is 1. The van der Waals surface area contributed by atoms with E-state index < -0.39 is 23.7 Å². The van der Waals surface area contributed by atoms with E-state index in [0.717, 1.165) is 16.7 Å². The van der Waals surface area contributed by atoms with Gasteiger partial charge in [0.1, 0.15) is 17.2 Å². The molecule has 242 valence electrons. The Labute approximate surface area is 278 Å². The summed E-state index contributed by atoms with van der Waals surface area (Å²) < 4.78 is 10.8. The number of hydrogen-bond donors (Lipinski definition) is 1. The van der Waals surface area contributed by atoms with Gasteiger partial charge in [-0.05, 0) is 80.1 Å². The first-order chi connectivity index (χ1) is 23.1.